The number of hydrogen-bond acceptors (Lipinski definition) is 3. The van der Waals surface area contributed by atoms with E-state index in [2.05, 4.69) is 24.3 Å². The van der Waals surface area contributed by atoms with Crippen LogP contribution in [0.1, 0.15) is 5.56 Å². The van der Waals surface area contributed by atoms with Crippen molar-refractivity contribution < 1.29 is 20.8 Å². The Morgan fingerprint density at radius 1 is 1.33 bits per heavy atom. The fraction of sp³-hybridized carbons (Fsp3) is 0.400. The lowest BCUT2D eigenvalue weighted by atomic mass is 10.2. The fourth-order valence-electron chi connectivity index (χ4n) is 0.718. The van der Waals surface area contributed by atoms with E-state index in [4.69, 9.17) is 5.11 Å². The number of thiol groups is 1. The molecule has 2 rings (SSSR count). The predicted octanol–water partition coefficient (Wildman–Crippen LogP) is 0.0118. The van der Waals surface area contributed by atoms with Crippen LogP contribution in [-0.2, 0) is 4.74 Å². The van der Waals surface area contributed by atoms with Gasteiger partial charge in [-0.05, 0) is 19.1 Å². The molecule has 1 saturated heterocycles. The average molecular weight is 234 g/mol. The van der Waals surface area contributed by atoms with Crippen LogP contribution in [0.25, 0.3) is 0 Å². The number of aliphatic hydroxyl groups excluding tert-OH is 1. The highest BCUT2D eigenvalue weighted by Crippen LogP contribution is 2.05. The van der Waals surface area contributed by atoms with Gasteiger partial charge in [0, 0.05) is 4.90 Å². The van der Waals surface area contributed by atoms with Crippen molar-refractivity contribution >= 4 is 12.6 Å². The highest BCUT2D eigenvalue weighted by atomic mass is 32.1. The van der Waals surface area contributed by atoms with E-state index in [-0.39, 0.29) is 23.7 Å². The number of hydrogen-bond donors (Lipinski definition) is 2. The van der Waals surface area contributed by atoms with E-state index in [9.17, 15) is 0 Å². The fourth-order valence-corrected chi connectivity index (χ4v) is 0.867. The molecule has 1 fully saturated rings. The molecule has 1 unspecified atom stereocenters. The Hall–Kier alpha value is -0.590. The number of aliphatic hydroxyl groups is 1. The molecule has 0 amide bonds. The van der Waals surface area contributed by atoms with E-state index in [1.165, 1.54) is 5.56 Å². The summed E-state index contributed by atoms with van der Waals surface area (Å²) in [6, 6.07) is 8.06. The lowest BCUT2D eigenvalue weighted by Crippen LogP contribution is -1.88. The highest BCUT2D eigenvalue weighted by molar-refractivity contribution is 7.80. The maximum absolute atomic E-state index is 8.08. The van der Waals surface area contributed by atoms with E-state index in [1.807, 2.05) is 24.3 Å². The number of epoxide rings is 1. The smallest absolute Gasteiger partial charge is 0.104 e. The van der Waals surface area contributed by atoms with E-state index in [1.54, 1.807) is 0 Å². The summed E-state index contributed by atoms with van der Waals surface area (Å²) >= 11 is 4.13. The van der Waals surface area contributed by atoms with Crippen molar-refractivity contribution in [2.75, 3.05) is 13.2 Å². The summed E-state index contributed by atoms with van der Waals surface area (Å²) in [5.41, 5.74) is 1.28. The van der Waals surface area contributed by atoms with Gasteiger partial charge in [-0.25, -0.2) is 0 Å². The van der Waals surface area contributed by atoms with E-state index in [0.29, 0.717) is 0 Å². The first-order valence-corrected chi connectivity index (χ1v) is 4.65. The average Bonchev–Trinajstić information content (AvgIpc) is 2.94. The Balaban J connectivity index is 0. The standard InChI is InChI=1S/C7H8S.C3H6O2.2H2O/c1-6-2-4-7(8)5-3-6;4-1-3-2-5-3;;/h2-5,8H,1H3;3-4H,1-2H2;2*1H2. The molecule has 1 aromatic rings. The van der Waals surface area contributed by atoms with Crippen molar-refractivity contribution in [2.45, 2.75) is 17.9 Å². The summed E-state index contributed by atoms with van der Waals surface area (Å²) in [4.78, 5) is 1.02. The zero-order valence-corrected chi connectivity index (χ0v) is 9.50. The molecule has 0 bridgehead atoms. The summed E-state index contributed by atoms with van der Waals surface area (Å²) in [5.74, 6) is 0. The molecule has 0 aromatic heterocycles. The molecule has 88 valence electrons. The first-order chi connectivity index (χ1) is 6.22. The topological polar surface area (TPSA) is 95.8 Å². The van der Waals surface area contributed by atoms with E-state index in [0.717, 1.165) is 11.5 Å². The SMILES string of the molecule is Cc1ccc(S)cc1.O.O.OCC1CO1. The Morgan fingerprint density at radius 3 is 2.00 bits per heavy atom. The van der Waals surface area contributed by atoms with Crippen molar-refractivity contribution in [3.63, 3.8) is 0 Å². The summed E-state index contributed by atoms with van der Waals surface area (Å²) in [7, 11) is 0. The predicted molar refractivity (Wildman–Crippen MR) is 62.5 cm³/mol. The lowest BCUT2D eigenvalue weighted by molar-refractivity contribution is 0.244. The monoisotopic (exact) mass is 234 g/mol. The first-order valence-electron chi connectivity index (χ1n) is 4.20. The summed E-state index contributed by atoms with van der Waals surface area (Å²) in [5, 5.41) is 8.08. The van der Waals surface area contributed by atoms with Gasteiger partial charge in [-0.15, -0.1) is 12.6 Å². The Bertz CT molecular complexity index is 225. The number of benzene rings is 1. The van der Waals surface area contributed by atoms with Crippen molar-refractivity contribution in [3.8, 4) is 0 Å². The van der Waals surface area contributed by atoms with Gasteiger partial charge < -0.3 is 20.8 Å². The third-order valence-corrected chi connectivity index (χ3v) is 1.94. The van der Waals surface area contributed by atoms with Crippen LogP contribution < -0.4 is 0 Å². The van der Waals surface area contributed by atoms with E-state index < -0.39 is 0 Å². The Kier molecular flexibility index (Phi) is 9.76. The van der Waals surface area contributed by atoms with Gasteiger partial charge >= 0.3 is 0 Å². The molecule has 0 aliphatic carbocycles. The zero-order chi connectivity index (χ0) is 9.68. The van der Waals surface area contributed by atoms with Gasteiger partial charge in [-0.3, -0.25) is 0 Å². The van der Waals surface area contributed by atoms with Crippen molar-refractivity contribution in [1.82, 2.24) is 0 Å². The third-order valence-electron chi connectivity index (χ3n) is 1.64. The molecule has 1 heterocycles. The van der Waals surface area contributed by atoms with Crippen LogP contribution in [0.15, 0.2) is 29.2 Å². The molecular weight excluding hydrogens is 216 g/mol. The van der Waals surface area contributed by atoms with Gasteiger partial charge in [0.1, 0.15) is 6.10 Å². The van der Waals surface area contributed by atoms with Gasteiger partial charge in [0.05, 0.1) is 13.2 Å². The van der Waals surface area contributed by atoms with Crippen LogP contribution in [0.3, 0.4) is 0 Å². The molecule has 5 N–H and O–H groups in total. The molecule has 1 aliphatic rings. The second-order valence-electron chi connectivity index (χ2n) is 2.97. The minimum absolute atomic E-state index is 0. The normalized spacial score (nSPS) is 16.3. The van der Waals surface area contributed by atoms with Crippen molar-refractivity contribution in [3.05, 3.63) is 29.8 Å². The van der Waals surface area contributed by atoms with E-state index >= 15 is 0 Å². The van der Waals surface area contributed by atoms with Crippen LogP contribution in [0.2, 0.25) is 0 Å². The summed E-state index contributed by atoms with van der Waals surface area (Å²) in [6.07, 6.45) is 0.190. The quantitative estimate of drug-likeness (QED) is 0.529. The zero-order valence-electron chi connectivity index (χ0n) is 8.60. The van der Waals surface area contributed by atoms with Gasteiger partial charge in [0.2, 0.25) is 0 Å². The maximum atomic E-state index is 8.08. The van der Waals surface area contributed by atoms with Gasteiger partial charge in [-0.2, -0.15) is 0 Å². The molecule has 1 aliphatic heterocycles. The Labute approximate surface area is 94.9 Å². The first kappa shape index (κ1) is 16.8. The van der Waals surface area contributed by atoms with Gasteiger partial charge in [0.25, 0.3) is 0 Å². The van der Waals surface area contributed by atoms with Crippen LogP contribution in [0.4, 0.5) is 0 Å². The van der Waals surface area contributed by atoms with Gasteiger partial charge in [0.15, 0.2) is 0 Å². The number of ether oxygens (including phenoxy) is 1. The summed E-state index contributed by atoms with van der Waals surface area (Å²) in [6.45, 7) is 3.02. The second kappa shape index (κ2) is 8.70. The van der Waals surface area contributed by atoms with Crippen molar-refractivity contribution in [1.29, 1.82) is 0 Å². The molecule has 0 saturated carbocycles. The minimum atomic E-state index is 0. The van der Waals surface area contributed by atoms with Crippen LogP contribution >= 0.6 is 12.6 Å². The molecule has 4 nitrogen and oxygen atoms in total. The molecule has 1 atom stereocenters. The molecule has 0 spiro atoms. The Morgan fingerprint density at radius 2 is 1.80 bits per heavy atom. The molecule has 0 radical (unpaired) electrons. The van der Waals surface area contributed by atoms with Gasteiger partial charge in [-0.1, -0.05) is 17.7 Å². The highest BCUT2D eigenvalue weighted by Gasteiger charge is 2.19. The second-order valence-corrected chi connectivity index (χ2v) is 3.49. The molecular formula is C10H18O4S. The van der Waals surface area contributed by atoms with Crippen LogP contribution in [-0.4, -0.2) is 35.4 Å². The molecule has 1 aromatic carbocycles. The van der Waals surface area contributed by atoms with Crippen molar-refractivity contribution in [2.24, 2.45) is 0 Å². The molecule has 15 heavy (non-hydrogen) atoms. The number of rotatable bonds is 1. The number of aryl methyl sites for hydroxylation is 1. The third kappa shape index (κ3) is 8.41. The molecule has 5 heteroatoms. The largest absolute Gasteiger partial charge is 0.412 e. The van der Waals surface area contributed by atoms with Crippen LogP contribution in [0, 0.1) is 6.92 Å². The minimum Gasteiger partial charge on any atom is -0.412 e. The van der Waals surface area contributed by atoms with Crippen LogP contribution in [0.5, 0.6) is 0 Å². The lowest BCUT2D eigenvalue weighted by Gasteiger charge is -1.89. The maximum Gasteiger partial charge on any atom is 0.104 e. The summed E-state index contributed by atoms with van der Waals surface area (Å²) < 4.78 is 4.61.